The van der Waals surface area contributed by atoms with Crippen LogP contribution in [0.15, 0.2) is 60.5 Å². The lowest BCUT2D eigenvalue weighted by atomic mass is 9.77. The number of thiophene rings is 1. The third-order valence-corrected chi connectivity index (χ3v) is 6.57. The van der Waals surface area contributed by atoms with E-state index in [2.05, 4.69) is 29.4 Å². The van der Waals surface area contributed by atoms with E-state index in [1.54, 1.807) is 0 Å². The molecule has 3 heteroatoms. The molecule has 0 unspecified atom stereocenters. The Labute approximate surface area is 164 Å². The molecule has 1 N–H and O–H groups in total. The number of hydrogen-bond acceptors (Lipinski definition) is 2. The van der Waals surface area contributed by atoms with Crippen molar-refractivity contribution in [3.05, 3.63) is 82.8 Å². The van der Waals surface area contributed by atoms with Gasteiger partial charge in [0.05, 0.1) is 0 Å². The summed E-state index contributed by atoms with van der Waals surface area (Å²) in [5.74, 6) is 0.714. The molecule has 1 aliphatic carbocycles. The normalized spacial score (nSPS) is 14.1. The van der Waals surface area contributed by atoms with Gasteiger partial charge in [-0.1, -0.05) is 36.8 Å². The van der Waals surface area contributed by atoms with Crippen molar-refractivity contribution in [1.29, 1.82) is 0 Å². The highest BCUT2D eigenvalue weighted by Crippen LogP contribution is 2.42. The number of carbonyl (C=O) groups excluding carboxylic acids is 1. The molecule has 27 heavy (non-hydrogen) atoms. The zero-order chi connectivity index (χ0) is 18.6. The molecular formula is C24H25NOS. The van der Waals surface area contributed by atoms with Crippen LogP contribution in [0.2, 0.25) is 0 Å². The van der Waals surface area contributed by atoms with Gasteiger partial charge in [0.2, 0.25) is 0 Å². The number of carbonyl (C=O) groups is 1. The number of nitrogens with one attached hydrogen (secondary N) is 1. The first-order chi connectivity index (χ1) is 13.3. The highest BCUT2D eigenvalue weighted by molar-refractivity contribution is 7.17. The van der Waals surface area contributed by atoms with E-state index in [9.17, 15) is 4.79 Å². The minimum atomic E-state index is -0.00314. The summed E-state index contributed by atoms with van der Waals surface area (Å²) in [6.45, 7) is 4.64. The summed E-state index contributed by atoms with van der Waals surface area (Å²) < 4.78 is 1.35. The Balaban J connectivity index is 1.54. The number of hydrogen-bond donors (Lipinski definition) is 1. The number of rotatable bonds is 7. The van der Waals surface area contributed by atoms with Gasteiger partial charge in [-0.15, -0.1) is 17.9 Å². The number of allylic oxidation sites excluding steroid dienone is 1. The molecule has 0 atom stereocenters. The van der Waals surface area contributed by atoms with Crippen molar-refractivity contribution >= 4 is 27.3 Å². The Bertz CT molecular complexity index is 953. The van der Waals surface area contributed by atoms with Crippen LogP contribution in [0.3, 0.4) is 0 Å². The van der Waals surface area contributed by atoms with E-state index in [4.69, 9.17) is 0 Å². The van der Waals surface area contributed by atoms with Crippen LogP contribution < -0.4 is 5.32 Å². The lowest BCUT2D eigenvalue weighted by Gasteiger charge is -2.28. The molecule has 0 bridgehead atoms. The monoisotopic (exact) mass is 375 g/mol. The first-order valence-electron chi connectivity index (χ1n) is 9.74. The molecule has 2 aromatic carbocycles. The fourth-order valence-corrected chi connectivity index (χ4v) is 4.96. The van der Waals surface area contributed by atoms with Crippen LogP contribution >= 0.6 is 11.3 Å². The minimum absolute atomic E-state index is 0.00314. The molecule has 1 saturated carbocycles. The molecule has 1 aliphatic rings. The van der Waals surface area contributed by atoms with Crippen LogP contribution in [0.5, 0.6) is 0 Å². The fourth-order valence-electron chi connectivity index (χ4n) is 3.94. The van der Waals surface area contributed by atoms with Gasteiger partial charge < -0.3 is 5.32 Å². The SMILES string of the molecule is C=CCc1c(C2CCC2)ccc2scc(CCNC(=O)c3ccccc3)c12. The van der Waals surface area contributed by atoms with Gasteiger partial charge in [0.15, 0.2) is 0 Å². The standard InChI is InChI=1S/C24H25NOS/c1-2-7-21-20(17-10-6-11-17)12-13-22-23(21)19(16-27-22)14-15-25-24(26)18-8-4-3-5-9-18/h2-5,8-9,12-13,16-17H,1,6-7,10-11,14-15H2,(H,25,26). The summed E-state index contributed by atoms with van der Waals surface area (Å²) in [5, 5.41) is 6.72. The predicted octanol–water partition coefficient (Wildman–Crippen LogP) is 5.87. The molecule has 0 spiro atoms. The summed E-state index contributed by atoms with van der Waals surface area (Å²) in [6.07, 6.45) is 7.76. The second-order valence-electron chi connectivity index (χ2n) is 7.26. The Morgan fingerprint density at radius 2 is 2.00 bits per heavy atom. The van der Waals surface area contributed by atoms with E-state index in [-0.39, 0.29) is 5.91 Å². The van der Waals surface area contributed by atoms with E-state index in [0.717, 1.165) is 18.8 Å². The summed E-state index contributed by atoms with van der Waals surface area (Å²) in [7, 11) is 0. The van der Waals surface area contributed by atoms with E-state index in [1.165, 1.54) is 46.0 Å². The highest BCUT2D eigenvalue weighted by Gasteiger charge is 2.23. The maximum atomic E-state index is 12.3. The quantitative estimate of drug-likeness (QED) is 0.514. The van der Waals surface area contributed by atoms with Crippen LogP contribution in [0.4, 0.5) is 0 Å². The van der Waals surface area contributed by atoms with Crippen LogP contribution in [0.1, 0.15) is 52.2 Å². The van der Waals surface area contributed by atoms with Gasteiger partial charge in [0, 0.05) is 16.8 Å². The zero-order valence-electron chi connectivity index (χ0n) is 15.5. The second kappa shape index (κ2) is 8.10. The van der Waals surface area contributed by atoms with E-state index in [1.807, 2.05) is 47.7 Å². The maximum Gasteiger partial charge on any atom is 0.251 e. The molecule has 1 fully saturated rings. The Hall–Kier alpha value is -2.39. The zero-order valence-corrected chi connectivity index (χ0v) is 16.4. The molecule has 4 rings (SSSR count). The van der Waals surface area contributed by atoms with Crippen LogP contribution in [-0.2, 0) is 12.8 Å². The highest BCUT2D eigenvalue weighted by atomic mass is 32.1. The summed E-state index contributed by atoms with van der Waals surface area (Å²) >= 11 is 1.81. The maximum absolute atomic E-state index is 12.3. The van der Waals surface area contributed by atoms with Crippen molar-refractivity contribution < 1.29 is 4.79 Å². The Morgan fingerprint density at radius 1 is 1.19 bits per heavy atom. The lowest BCUT2D eigenvalue weighted by Crippen LogP contribution is -2.25. The Morgan fingerprint density at radius 3 is 2.70 bits per heavy atom. The van der Waals surface area contributed by atoms with Gasteiger partial charge in [-0.05, 0) is 77.3 Å². The van der Waals surface area contributed by atoms with Crippen molar-refractivity contribution in [3.63, 3.8) is 0 Å². The molecule has 0 saturated heterocycles. The predicted molar refractivity (Wildman–Crippen MR) is 115 cm³/mol. The smallest absolute Gasteiger partial charge is 0.251 e. The number of amides is 1. The molecule has 1 aromatic heterocycles. The minimum Gasteiger partial charge on any atom is -0.352 e. The molecule has 1 heterocycles. The van der Waals surface area contributed by atoms with Crippen LogP contribution in [-0.4, -0.2) is 12.5 Å². The van der Waals surface area contributed by atoms with Gasteiger partial charge in [0.25, 0.3) is 5.91 Å². The number of benzene rings is 2. The summed E-state index contributed by atoms with van der Waals surface area (Å²) in [4.78, 5) is 12.3. The van der Waals surface area contributed by atoms with E-state index in [0.29, 0.717) is 12.1 Å². The largest absolute Gasteiger partial charge is 0.352 e. The van der Waals surface area contributed by atoms with Crippen molar-refractivity contribution in [1.82, 2.24) is 5.32 Å². The third-order valence-electron chi connectivity index (χ3n) is 5.57. The van der Waals surface area contributed by atoms with Crippen molar-refractivity contribution in [2.75, 3.05) is 6.54 Å². The van der Waals surface area contributed by atoms with E-state index < -0.39 is 0 Å². The molecular weight excluding hydrogens is 350 g/mol. The summed E-state index contributed by atoms with van der Waals surface area (Å²) in [6, 6.07) is 14.0. The molecule has 138 valence electrons. The van der Waals surface area contributed by atoms with Crippen LogP contribution in [0.25, 0.3) is 10.1 Å². The average Bonchev–Trinajstić information content (AvgIpc) is 3.06. The first-order valence-corrected chi connectivity index (χ1v) is 10.6. The third kappa shape index (κ3) is 3.70. The van der Waals surface area contributed by atoms with Gasteiger partial charge in [-0.2, -0.15) is 0 Å². The number of fused-ring (bicyclic) bond motifs is 1. The molecule has 2 nitrogen and oxygen atoms in total. The molecule has 0 aliphatic heterocycles. The first kappa shape index (κ1) is 18.0. The van der Waals surface area contributed by atoms with Gasteiger partial charge in [-0.3, -0.25) is 4.79 Å². The lowest BCUT2D eigenvalue weighted by molar-refractivity contribution is 0.0954. The van der Waals surface area contributed by atoms with Gasteiger partial charge in [-0.25, -0.2) is 0 Å². The Kier molecular flexibility index (Phi) is 5.40. The van der Waals surface area contributed by atoms with Crippen molar-refractivity contribution in [2.45, 2.75) is 38.0 Å². The molecule has 1 amide bonds. The molecule has 0 radical (unpaired) electrons. The molecule has 3 aromatic rings. The van der Waals surface area contributed by atoms with Gasteiger partial charge in [0.1, 0.15) is 0 Å². The topological polar surface area (TPSA) is 29.1 Å². The van der Waals surface area contributed by atoms with E-state index >= 15 is 0 Å². The van der Waals surface area contributed by atoms with Crippen LogP contribution in [0, 0.1) is 0 Å². The van der Waals surface area contributed by atoms with Gasteiger partial charge >= 0.3 is 0 Å². The summed E-state index contributed by atoms with van der Waals surface area (Å²) in [5.41, 5.74) is 5.04. The average molecular weight is 376 g/mol. The van der Waals surface area contributed by atoms with Crippen molar-refractivity contribution in [2.24, 2.45) is 0 Å². The second-order valence-corrected chi connectivity index (χ2v) is 8.17. The fraction of sp³-hybridized carbons (Fsp3) is 0.292. The van der Waals surface area contributed by atoms with Crippen molar-refractivity contribution in [3.8, 4) is 0 Å².